The SMILES string of the molecule is CCN1CCN(C2=NCCN2[S+]([O-])c2cccc(Cl)c2)CC1. The minimum absolute atomic E-state index is 0.611. The van der Waals surface area contributed by atoms with Gasteiger partial charge in [-0.1, -0.05) is 24.6 Å². The first-order chi connectivity index (χ1) is 10.7. The van der Waals surface area contributed by atoms with Crippen molar-refractivity contribution < 1.29 is 4.55 Å². The third-order valence-electron chi connectivity index (χ3n) is 4.08. The van der Waals surface area contributed by atoms with Crippen molar-refractivity contribution in [3.05, 3.63) is 29.3 Å². The van der Waals surface area contributed by atoms with Gasteiger partial charge >= 0.3 is 0 Å². The number of hydrogen-bond acceptors (Lipinski definition) is 5. The highest BCUT2D eigenvalue weighted by atomic mass is 35.5. The molecule has 0 saturated carbocycles. The van der Waals surface area contributed by atoms with E-state index in [4.69, 9.17) is 11.6 Å². The van der Waals surface area contributed by atoms with Crippen molar-refractivity contribution in [2.24, 2.45) is 4.99 Å². The molecular formula is C15H21ClN4OS. The van der Waals surface area contributed by atoms with Crippen LogP contribution in [0.5, 0.6) is 0 Å². The van der Waals surface area contributed by atoms with E-state index in [-0.39, 0.29) is 0 Å². The molecule has 7 heteroatoms. The van der Waals surface area contributed by atoms with Gasteiger partial charge in [0.15, 0.2) is 4.90 Å². The molecular weight excluding hydrogens is 320 g/mol. The van der Waals surface area contributed by atoms with Crippen LogP contribution in [0.4, 0.5) is 0 Å². The van der Waals surface area contributed by atoms with Crippen molar-refractivity contribution in [2.75, 3.05) is 45.8 Å². The Morgan fingerprint density at radius 3 is 2.68 bits per heavy atom. The number of likely N-dealkylation sites (N-methyl/N-ethyl adjacent to an activating group) is 1. The number of nitrogens with zero attached hydrogens (tertiary/aromatic N) is 4. The molecule has 0 aromatic heterocycles. The van der Waals surface area contributed by atoms with Crippen molar-refractivity contribution in [3.8, 4) is 0 Å². The molecule has 0 amide bonds. The number of guanidine groups is 1. The quantitative estimate of drug-likeness (QED) is 0.785. The summed E-state index contributed by atoms with van der Waals surface area (Å²) in [5.74, 6) is 0.870. The highest BCUT2D eigenvalue weighted by molar-refractivity contribution is 7.89. The minimum Gasteiger partial charge on any atom is -0.588 e. The average Bonchev–Trinajstić information content (AvgIpc) is 3.04. The van der Waals surface area contributed by atoms with Gasteiger partial charge in [0.1, 0.15) is 11.4 Å². The Morgan fingerprint density at radius 1 is 1.23 bits per heavy atom. The van der Waals surface area contributed by atoms with Gasteiger partial charge in [0.05, 0.1) is 13.1 Å². The number of aliphatic imine (C=N–C) groups is 1. The molecule has 2 aliphatic heterocycles. The maximum absolute atomic E-state index is 12.8. The van der Waals surface area contributed by atoms with Crippen LogP contribution in [0.2, 0.25) is 5.02 Å². The Morgan fingerprint density at radius 2 is 2.00 bits per heavy atom. The molecule has 0 aliphatic carbocycles. The molecule has 1 saturated heterocycles. The predicted molar refractivity (Wildman–Crippen MR) is 90.6 cm³/mol. The predicted octanol–water partition coefficient (Wildman–Crippen LogP) is 1.67. The first-order valence-electron chi connectivity index (χ1n) is 7.66. The third-order valence-corrected chi connectivity index (χ3v) is 5.72. The second-order valence-electron chi connectivity index (χ2n) is 5.41. The molecule has 0 bridgehead atoms. The minimum atomic E-state index is -1.25. The van der Waals surface area contributed by atoms with Crippen LogP contribution >= 0.6 is 11.6 Å². The van der Waals surface area contributed by atoms with E-state index in [1.54, 1.807) is 12.1 Å². The molecule has 3 rings (SSSR count). The molecule has 1 fully saturated rings. The third kappa shape index (κ3) is 3.35. The molecule has 0 radical (unpaired) electrons. The molecule has 2 aliphatic rings. The maximum Gasteiger partial charge on any atom is 0.240 e. The summed E-state index contributed by atoms with van der Waals surface area (Å²) in [7, 11) is 0. The van der Waals surface area contributed by atoms with Gasteiger partial charge < -0.3 is 14.4 Å². The van der Waals surface area contributed by atoms with Crippen molar-refractivity contribution in [1.29, 1.82) is 0 Å². The van der Waals surface area contributed by atoms with E-state index in [0.29, 0.717) is 18.1 Å². The van der Waals surface area contributed by atoms with E-state index in [2.05, 4.69) is 21.7 Å². The normalized spacial score (nSPS) is 21.1. The zero-order valence-electron chi connectivity index (χ0n) is 12.7. The maximum atomic E-state index is 12.8. The summed E-state index contributed by atoms with van der Waals surface area (Å²) in [5.41, 5.74) is 0. The molecule has 1 atom stereocenters. The summed E-state index contributed by atoms with van der Waals surface area (Å²) in [6, 6.07) is 7.25. The number of hydrogen-bond donors (Lipinski definition) is 0. The number of halogens is 1. The van der Waals surface area contributed by atoms with Crippen molar-refractivity contribution in [3.63, 3.8) is 0 Å². The largest absolute Gasteiger partial charge is 0.588 e. The van der Waals surface area contributed by atoms with Crippen LogP contribution in [0.3, 0.4) is 0 Å². The van der Waals surface area contributed by atoms with Crippen LogP contribution in [-0.2, 0) is 11.4 Å². The van der Waals surface area contributed by atoms with Gasteiger partial charge in [0, 0.05) is 37.3 Å². The molecule has 2 heterocycles. The Bertz CT molecular complexity index is 548. The van der Waals surface area contributed by atoms with Gasteiger partial charge in [-0.2, -0.15) is 4.31 Å². The fraction of sp³-hybridized carbons (Fsp3) is 0.533. The highest BCUT2D eigenvalue weighted by Gasteiger charge is 2.34. The van der Waals surface area contributed by atoms with Crippen molar-refractivity contribution in [1.82, 2.24) is 14.1 Å². The Labute approximate surface area is 139 Å². The number of piperazine rings is 1. The summed E-state index contributed by atoms with van der Waals surface area (Å²) < 4.78 is 14.7. The van der Waals surface area contributed by atoms with Crippen LogP contribution in [-0.4, -0.2) is 70.4 Å². The Hall–Kier alpha value is -0.950. The molecule has 120 valence electrons. The summed E-state index contributed by atoms with van der Waals surface area (Å²) in [6.07, 6.45) is 0. The molecule has 22 heavy (non-hydrogen) atoms. The number of rotatable bonds is 3. The fourth-order valence-electron chi connectivity index (χ4n) is 2.80. The lowest BCUT2D eigenvalue weighted by Crippen LogP contribution is -2.53. The molecule has 1 unspecified atom stereocenters. The number of benzene rings is 1. The van der Waals surface area contributed by atoms with Gasteiger partial charge in [-0.15, -0.1) is 0 Å². The van der Waals surface area contributed by atoms with E-state index < -0.39 is 11.4 Å². The van der Waals surface area contributed by atoms with Crippen molar-refractivity contribution >= 4 is 28.9 Å². The zero-order valence-corrected chi connectivity index (χ0v) is 14.3. The van der Waals surface area contributed by atoms with Crippen LogP contribution < -0.4 is 0 Å². The average molecular weight is 341 g/mol. The zero-order chi connectivity index (χ0) is 15.5. The van der Waals surface area contributed by atoms with E-state index in [9.17, 15) is 4.55 Å². The topological polar surface area (TPSA) is 45.1 Å². The smallest absolute Gasteiger partial charge is 0.240 e. The van der Waals surface area contributed by atoms with Crippen molar-refractivity contribution in [2.45, 2.75) is 11.8 Å². The lowest BCUT2D eigenvalue weighted by molar-refractivity contribution is 0.184. The van der Waals surface area contributed by atoms with Gasteiger partial charge in [-0.25, -0.2) is 4.99 Å². The molecule has 1 aromatic carbocycles. The van der Waals surface area contributed by atoms with E-state index in [1.165, 1.54) is 0 Å². The van der Waals surface area contributed by atoms with Crippen LogP contribution in [0.15, 0.2) is 34.2 Å². The van der Waals surface area contributed by atoms with Gasteiger partial charge in [-0.3, -0.25) is 0 Å². The Kier molecular flexibility index (Phi) is 5.13. The van der Waals surface area contributed by atoms with Crippen LogP contribution in [0.25, 0.3) is 0 Å². The van der Waals surface area contributed by atoms with E-state index in [0.717, 1.165) is 43.6 Å². The lowest BCUT2D eigenvalue weighted by atomic mass is 10.3. The standard InChI is InChI=1S/C15H21ClN4OS/c1-2-18-8-10-19(11-9-18)15-17-6-7-20(15)22(21)14-5-3-4-13(16)12-14/h3-5,12H,2,6-11H2,1H3. The van der Waals surface area contributed by atoms with Crippen LogP contribution in [0.1, 0.15) is 6.92 Å². The summed E-state index contributed by atoms with van der Waals surface area (Å²) in [5, 5.41) is 0.611. The van der Waals surface area contributed by atoms with Gasteiger partial charge in [0.2, 0.25) is 5.96 Å². The van der Waals surface area contributed by atoms with E-state index >= 15 is 0 Å². The first-order valence-corrected chi connectivity index (χ1v) is 9.14. The molecule has 0 N–H and O–H groups in total. The highest BCUT2D eigenvalue weighted by Crippen LogP contribution is 2.23. The van der Waals surface area contributed by atoms with Gasteiger partial charge in [-0.05, 0) is 18.7 Å². The second-order valence-corrected chi connectivity index (χ2v) is 7.26. The van der Waals surface area contributed by atoms with Crippen LogP contribution in [0, 0.1) is 0 Å². The molecule has 1 aromatic rings. The molecule has 5 nitrogen and oxygen atoms in total. The Balaban J connectivity index is 1.70. The summed E-state index contributed by atoms with van der Waals surface area (Å²) in [4.78, 5) is 9.99. The molecule has 0 spiro atoms. The monoisotopic (exact) mass is 340 g/mol. The van der Waals surface area contributed by atoms with Gasteiger partial charge in [0.25, 0.3) is 0 Å². The summed E-state index contributed by atoms with van der Waals surface area (Å²) in [6.45, 7) is 8.62. The first kappa shape index (κ1) is 15.9. The lowest BCUT2D eigenvalue weighted by Gasteiger charge is -2.37. The van der Waals surface area contributed by atoms with E-state index in [1.807, 2.05) is 16.4 Å². The summed E-state index contributed by atoms with van der Waals surface area (Å²) >= 11 is 4.77. The fourth-order valence-corrected chi connectivity index (χ4v) is 4.30. The second kappa shape index (κ2) is 7.08.